The summed E-state index contributed by atoms with van der Waals surface area (Å²) in [4.78, 5) is 28.6. The lowest BCUT2D eigenvalue weighted by Crippen LogP contribution is -2.19. The average Bonchev–Trinajstić information content (AvgIpc) is 2.89. The number of anilines is 2. The number of halogens is 3. The molecule has 0 spiro atoms. The summed E-state index contributed by atoms with van der Waals surface area (Å²) in [5.74, 6) is -0.556. The highest BCUT2D eigenvalue weighted by atomic mass is 19.4. The number of alkyl halides is 3. The molecule has 0 aliphatic rings. The number of hydrogen-bond donors (Lipinski definition) is 2. The van der Waals surface area contributed by atoms with Gasteiger partial charge in [-0.25, -0.2) is 0 Å². The Morgan fingerprint density at radius 3 is 2.37 bits per heavy atom. The van der Waals surface area contributed by atoms with Crippen molar-refractivity contribution in [3.8, 4) is 11.1 Å². The largest absolute Gasteiger partial charge is 0.416 e. The highest BCUT2D eigenvalue weighted by molar-refractivity contribution is 6.09. The molecule has 0 radical (unpaired) electrons. The minimum atomic E-state index is -4.47. The SMILES string of the molecule is CC(Cc1ccccn1)Nc1ccc(NC(=O)c2ccccc2-c2ccc(C(F)(F)F)cc2)cc1[N+](=O)[O-]. The number of rotatable bonds is 8. The molecule has 1 atom stereocenters. The molecule has 0 fully saturated rings. The molecule has 0 bridgehead atoms. The van der Waals surface area contributed by atoms with Gasteiger partial charge in [-0.3, -0.25) is 19.9 Å². The molecular weight excluding hydrogens is 497 g/mol. The van der Waals surface area contributed by atoms with Crippen LogP contribution in [0.3, 0.4) is 0 Å². The molecule has 10 heteroatoms. The Kier molecular flexibility index (Phi) is 7.71. The second kappa shape index (κ2) is 11.1. The topological polar surface area (TPSA) is 97.2 Å². The van der Waals surface area contributed by atoms with Gasteiger partial charge in [0.15, 0.2) is 0 Å². The summed E-state index contributed by atoms with van der Waals surface area (Å²) in [6.45, 7) is 1.88. The predicted molar refractivity (Wildman–Crippen MR) is 139 cm³/mol. The van der Waals surface area contributed by atoms with E-state index in [0.29, 0.717) is 23.2 Å². The summed E-state index contributed by atoms with van der Waals surface area (Å²) < 4.78 is 38.8. The Bertz CT molecular complexity index is 1440. The fourth-order valence-corrected chi connectivity index (χ4v) is 4.00. The number of aromatic nitrogens is 1. The normalized spacial score (nSPS) is 12.0. The molecule has 7 nitrogen and oxygen atoms in total. The third kappa shape index (κ3) is 6.33. The lowest BCUT2D eigenvalue weighted by atomic mass is 9.98. The van der Waals surface area contributed by atoms with Crippen molar-refractivity contribution in [3.05, 3.63) is 118 Å². The first-order valence-electron chi connectivity index (χ1n) is 11.6. The first kappa shape index (κ1) is 26.3. The molecule has 1 unspecified atom stereocenters. The van der Waals surface area contributed by atoms with Crippen LogP contribution in [0.4, 0.5) is 30.2 Å². The molecule has 3 aromatic carbocycles. The molecule has 1 amide bonds. The second-order valence-corrected chi connectivity index (χ2v) is 8.63. The molecule has 0 aliphatic heterocycles. The van der Waals surface area contributed by atoms with Crippen molar-refractivity contribution in [1.29, 1.82) is 0 Å². The van der Waals surface area contributed by atoms with Gasteiger partial charge in [0.05, 0.1) is 10.5 Å². The lowest BCUT2D eigenvalue weighted by Gasteiger charge is -2.16. The Balaban J connectivity index is 1.53. The van der Waals surface area contributed by atoms with Gasteiger partial charge in [-0.2, -0.15) is 13.2 Å². The van der Waals surface area contributed by atoms with E-state index >= 15 is 0 Å². The fourth-order valence-electron chi connectivity index (χ4n) is 4.00. The van der Waals surface area contributed by atoms with E-state index in [2.05, 4.69) is 15.6 Å². The van der Waals surface area contributed by atoms with E-state index in [4.69, 9.17) is 0 Å². The number of nitrogens with one attached hydrogen (secondary N) is 2. The number of nitro groups is 1. The second-order valence-electron chi connectivity index (χ2n) is 8.63. The van der Waals surface area contributed by atoms with E-state index in [-0.39, 0.29) is 23.0 Å². The molecule has 194 valence electrons. The lowest BCUT2D eigenvalue weighted by molar-refractivity contribution is -0.383. The van der Waals surface area contributed by atoms with Crippen LogP contribution in [0.1, 0.15) is 28.5 Å². The predicted octanol–water partition coefficient (Wildman–Crippen LogP) is 6.97. The summed E-state index contributed by atoms with van der Waals surface area (Å²) in [6, 6.07) is 20.7. The standard InChI is InChI=1S/C28H23F3N4O3/c1-18(16-21-6-4-5-15-32-21)33-25-14-13-22(17-26(25)35(37)38)34-27(36)24-8-3-2-7-23(24)19-9-11-20(12-10-19)28(29,30)31/h2-15,17-18,33H,16H2,1H3,(H,34,36). The number of nitro benzene ring substituents is 1. The smallest absolute Gasteiger partial charge is 0.377 e. The average molecular weight is 521 g/mol. The first-order chi connectivity index (χ1) is 18.1. The highest BCUT2D eigenvalue weighted by Gasteiger charge is 2.30. The maximum atomic E-state index is 13.1. The maximum Gasteiger partial charge on any atom is 0.416 e. The van der Waals surface area contributed by atoms with Gasteiger partial charge < -0.3 is 10.6 Å². The zero-order valence-electron chi connectivity index (χ0n) is 20.2. The Hall–Kier alpha value is -4.73. The van der Waals surface area contributed by atoms with Crippen LogP contribution >= 0.6 is 0 Å². The maximum absolute atomic E-state index is 13.1. The van der Waals surface area contributed by atoms with Gasteiger partial charge in [-0.1, -0.05) is 36.4 Å². The molecule has 4 aromatic rings. The Morgan fingerprint density at radius 2 is 1.71 bits per heavy atom. The van der Waals surface area contributed by atoms with Gasteiger partial charge in [-0.15, -0.1) is 0 Å². The first-order valence-corrected chi connectivity index (χ1v) is 11.6. The van der Waals surface area contributed by atoms with Crippen LogP contribution in [-0.4, -0.2) is 21.9 Å². The van der Waals surface area contributed by atoms with Crippen LogP contribution in [0, 0.1) is 10.1 Å². The summed E-state index contributed by atoms with van der Waals surface area (Å²) in [7, 11) is 0. The summed E-state index contributed by atoms with van der Waals surface area (Å²) >= 11 is 0. The quantitative estimate of drug-likeness (QED) is 0.193. The number of amides is 1. The van der Waals surface area contributed by atoms with Crippen LogP contribution in [-0.2, 0) is 12.6 Å². The Labute approximate surface area is 216 Å². The minimum absolute atomic E-state index is 0.153. The van der Waals surface area contributed by atoms with E-state index in [1.807, 2.05) is 19.1 Å². The Morgan fingerprint density at radius 1 is 1.00 bits per heavy atom. The van der Waals surface area contributed by atoms with Crippen molar-refractivity contribution in [3.63, 3.8) is 0 Å². The van der Waals surface area contributed by atoms with Gasteiger partial charge in [-0.05, 0) is 60.5 Å². The third-order valence-electron chi connectivity index (χ3n) is 5.79. The van der Waals surface area contributed by atoms with E-state index in [1.54, 1.807) is 36.5 Å². The summed E-state index contributed by atoms with van der Waals surface area (Å²) in [6.07, 6.45) is -2.24. The van der Waals surface area contributed by atoms with E-state index in [9.17, 15) is 28.1 Å². The van der Waals surface area contributed by atoms with Gasteiger partial charge in [0, 0.05) is 41.7 Å². The molecule has 1 aromatic heterocycles. The number of carbonyl (C=O) groups is 1. The van der Waals surface area contributed by atoms with Crippen molar-refractivity contribution < 1.29 is 22.9 Å². The van der Waals surface area contributed by atoms with Crippen molar-refractivity contribution in [1.82, 2.24) is 4.98 Å². The van der Waals surface area contributed by atoms with Crippen molar-refractivity contribution >= 4 is 23.0 Å². The molecule has 0 aliphatic carbocycles. The van der Waals surface area contributed by atoms with Crippen molar-refractivity contribution in [2.75, 3.05) is 10.6 Å². The number of carbonyl (C=O) groups excluding carboxylic acids is 1. The van der Waals surface area contributed by atoms with E-state index in [1.165, 1.54) is 30.3 Å². The van der Waals surface area contributed by atoms with Gasteiger partial charge in [0.25, 0.3) is 11.6 Å². The van der Waals surface area contributed by atoms with Crippen LogP contribution < -0.4 is 10.6 Å². The molecule has 1 heterocycles. The van der Waals surface area contributed by atoms with E-state index < -0.39 is 22.6 Å². The van der Waals surface area contributed by atoms with Crippen LogP contribution in [0.5, 0.6) is 0 Å². The van der Waals surface area contributed by atoms with Gasteiger partial charge >= 0.3 is 6.18 Å². The zero-order valence-corrected chi connectivity index (χ0v) is 20.2. The van der Waals surface area contributed by atoms with Gasteiger partial charge in [0.1, 0.15) is 5.69 Å². The summed E-state index contributed by atoms with van der Waals surface area (Å²) in [5, 5.41) is 17.5. The van der Waals surface area contributed by atoms with Crippen molar-refractivity contribution in [2.24, 2.45) is 0 Å². The van der Waals surface area contributed by atoms with Crippen LogP contribution in [0.2, 0.25) is 0 Å². The minimum Gasteiger partial charge on any atom is -0.377 e. The molecular formula is C28H23F3N4O3. The monoisotopic (exact) mass is 520 g/mol. The number of nitrogens with zero attached hydrogens (tertiary/aromatic N) is 2. The number of pyridine rings is 1. The van der Waals surface area contributed by atoms with Crippen LogP contribution in [0.15, 0.2) is 91.1 Å². The fraction of sp³-hybridized carbons (Fsp3) is 0.143. The van der Waals surface area contributed by atoms with Gasteiger partial charge in [0.2, 0.25) is 0 Å². The van der Waals surface area contributed by atoms with Crippen LogP contribution in [0.25, 0.3) is 11.1 Å². The number of benzene rings is 3. The third-order valence-corrected chi connectivity index (χ3v) is 5.79. The summed E-state index contributed by atoms with van der Waals surface area (Å²) in [5.41, 5.74) is 1.39. The molecule has 38 heavy (non-hydrogen) atoms. The van der Waals surface area contributed by atoms with E-state index in [0.717, 1.165) is 17.8 Å². The van der Waals surface area contributed by atoms with Crippen molar-refractivity contribution in [2.45, 2.75) is 25.6 Å². The zero-order chi connectivity index (χ0) is 27.3. The molecule has 2 N–H and O–H groups in total. The highest BCUT2D eigenvalue weighted by Crippen LogP contribution is 2.33. The molecule has 4 rings (SSSR count). The molecule has 0 saturated heterocycles. The molecule has 0 saturated carbocycles. The number of hydrogen-bond acceptors (Lipinski definition) is 5.